The Morgan fingerprint density at radius 1 is 1.33 bits per heavy atom. The maximum Gasteiger partial charge on any atom is 0.257 e. The minimum absolute atomic E-state index is 0.0270. The SMILES string of the molecule is COCC(=O)N1CCC(c2ccc(C(=O)NC(=N)N)cc2S(C)(=O)=O)CC1. The van der Waals surface area contributed by atoms with Crippen LogP contribution in [0.2, 0.25) is 0 Å². The van der Waals surface area contributed by atoms with Crippen molar-refractivity contribution < 1.29 is 22.7 Å². The first-order valence-electron chi connectivity index (χ1n) is 8.39. The summed E-state index contributed by atoms with van der Waals surface area (Å²) in [5.41, 5.74) is 5.90. The third-order valence-corrected chi connectivity index (χ3v) is 5.63. The van der Waals surface area contributed by atoms with Crippen molar-refractivity contribution in [1.82, 2.24) is 10.2 Å². The molecule has 1 aliphatic rings. The Hall–Kier alpha value is -2.46. The van der Waals surface area contributed by atoms with Gasteiger partial charge in [0.1, 0.15) is 6.61 Å². The molecule has 0 atom stereocenters. The van der Waals surface area contributed by atoms with Gasteiger partial charge >= 0.3 is 0 Å². The first kappa shape index (κ1) is 20.8. The number of ether oxygens (including phenoxy) is 1. The normalized spacial score (nSPS) is 15.4. The summed E-state index contributed by atoms with van der Waals surface area (Å²) >= 11 is 0. The van der Waals surface area contributed by atoms with E-state index in [4.69, 9.17) is 15.9 Å². The fourth-order valence-electron chi connectivity index (χ4n) is 3.18. The van der Waals surface area contributed by atoms with Gasteiger partial charge in [-0.25, -0.2) is 8.42 Å². The number of benzene rings is 1. The maximum absolute atomic E-state index is 12.3. The first-order chi connectivity index (χ1) is 12.6. The van der Waals surface area contributed by atoms with Crippen molar-refractivity contribution in [2.75, 3.05) is 33.1 Å². The van der Waals surface area contributed by atoms with E-state index >= 15 is 0 Å². The van der Waals surface area contributed by atoms with E-state index < -0.39 is 21.7 Å². The number of carbonyl (C=O) groups excluding carboxylic acids is 2. The Morgan fingerprint density at radius 2 is 1.96 bits per heavy atom. The number of amides is 2. The summed E-state index contributed by atoms with van der Waals surface area (Å²) in [7, 11) is -2.11. The fourth-order valence-corrected chi connectivity index (χ4v) is 4.19. The maximum atomic E-state index is 12.3. The van der Waals surface area contributed by atoms with Gasteiger partial charge in [-0.3, -0.25) is 20.3 Å². The van der Waals surface area contributed by atoms with Crippen molar-refractivity contribution in [2.45, 2.75) is 23.7 Å². The number of piperidine rings is 1. The average molecular weight is 396 g/mol. The summed E-state index contributed by atoms with van der Waals surface area (Å²) in [4.78, 5) is 25.7. The lowest BCUT2D eigenvalue weighted by molar-refractivity contribution is -0.136. The van der Waals surface area contributed by atoms with Crippen molar-refractivity contribution in [3.05, 3.63) is 29.3 Å². The summed E-state index contributed by atoms with van der Waals surface area (Å²) < 4.78 is 29.4. The largest absolute Gasteiger partial charge is 0.375 e. The quantitative estimate of drug-likeness (QED) is 0.475. The van der Waals surface area contributed by atoms with Crippen LogP contribution >= 0.6 is 0 Å². The Balaban J connectivity index is 2.26. The summed E-state index contributed by atoms with van der Waals surface area (Å²) in [5, 5.41) is 9.26. The standard InChI is InChI=1S/C17H24N4O5S/c1-26-10-15(22)21-7-5-11(6-8-21)13-4-3-12(16(23)20-17(18)19)9-14(13)27(2,24)25/h3-4,9,11H,5-8,10H2,1-2H3,(H4,18,19,20,23). The van der Waals surface area contributed by atoms with E-state index in [1.807, 2.05) is 0 Å². The monoisotopic (exact) mass is 396 g/mol. The molecule has 1 saturated heterocycles. The number of sulfone groups is 1. The zero-order chi connectivity index (χ0) is 20.2. The number of nitrogens with zero attached hydrogens (tertiary/aromatic N) is 1. The number of nitrogens with two attached hydrogens (primary N) is 1. The Morgan fingerprint density at radius 3 is 2.48 bits per heavy atom. The second kappa shape index (κ2) is 8.49. The van der Waals surface area contributed by atoms with Crippen LogP contribution in [0.25, 0.3) is 0 Å². The second-order valence-electron chi connectivity index (χ2n) is 6.48. The van der Waals surface area contributed by atoms with E-state index in [0.717, 1.165) is 6.26 Å². The topological polar surface area (TPSA) is 143 Å². The molecule has 0 aromatic heterocycles. The van der Waals surface area contributed by atoms with Gasteiger partial charge in [-0.2, -0.15) is 0 Å². The van der Waals surface area contributed by atoms with E-state index in [1.165, 1.54) is 19.2 Å². The molecule has 9 nitrogen and oxygen atoms in total. The molecule has 0 unspecified atom stereocenters. The molecule has 0 aliphatic carbocycles. The fraction of sp³-hybridized carbons (Fsp3) is 0.471. The molecule has 1 heterocycles. The van der Waals surface area contributed by atoms with E-state index in [0.29, 0.717) is 31.5 Å². The third-order valence-electron chi connectivity index (χ3n) is 4.48. The van der Waals surface area contributed by atoms with E-state index in [1.54, 1.807) is 11.0 Å². The number of methoxy groups -OCH3 is 1. The molecule has 148 valence electrons. The molecule has 0 bridgehead atoms. The van der Waals surface area contributed by atoms with Crippen molar-refractivity contribution in [2.24, 2.45) is 5.73 Å². The van der Waals surface area contributed by atoms with Crippen LogP contribution in [0.5, 0.6) is 0 Å². The van der Waals surface area contributed by atoms with Gasteiger partial charge in [-0.15, -0.1) is 0 Å². The average Bonchev–Trinajstić information content (AvgIpc) is 2.60. The molecule has 0 radical (unpaired) electrons. The lowest BCUT2D eigenvalue weighted by Crippen LogP contribution is -2.40. The summed E-state index contributed by atoms with van der Waals surface area (Å²) in [6.07, 6.45) is 2.34. The molecule has 1 aliphatic heterocycles. The van der Waals surface area contributed by atoms with Gasteiger partial charge in [0.05, 0.1) is 4.90 Å². The number of hydrogen-bond acceptors (Lipinski definition) is 6. The van der Waals surface area contributed by atoms with Crippen LogP contribution in [0, 0.1) is 5.41 Å². The van der Waals surface area contributed by atoms with Crippen LogP contribution in [-0.4, -0.2) is 64.2 Å². The van der Waals surface area contributed by atoms with E-state index in [9.17, 15) is 18.0 Å². The molecule has 27 heavy (non-hydrogen) atoms. The number of carbonyl (C=O) groups is 2. The first-order valence-corrected chi connectivity index (χ1v) is 10.3. The van der Waals surface area contributed by atoms with Crippen LogP contribution in [0.4, 0.5) is 0 Å². The Kier molecular flexibility index (Phi) is 6.55. The van der Waals surface area contributed by atoms with Crippen molar-refractivity contribution >= 4 is 27.6 Å². The predicted molar refractivity (Wildman–Crippen MR) is 99.4 cm³/mol. The van der Waals surface area contributed by atoms with Gasteiger partial charge in [-0.1, -0.05) is 6.07 Å². The van der Waals surface area contributed by atoms with Crippen LogP contribution in [-0.2, 0) is 19.4 Å². The van der Waals surface area contributed by atoms with Gasteiger partial charge in [0.2, 0.25) is 5.91 Å². The molecule has 1 aromatic carbocycles. The van der Waals surface area contributed by atoms with Crippen LogP contribution in [0.1, 0.15) is 34.7 Å². The molecule has 1 aromatic rings. The van der Waals surface area contributed by atoms with Gasteiger partial charge in [0, 0.05) is 32.0 Å². The molecule has 10 heteroatoms. The predicted octanol–water partition coefficient (Wildman–Crippen LogP) is 0.0658. The van der Waals surface area contributed by atoms with Crippen LogP contribution < -0.4 is 11.1 Å². The van der Waals surface area contributed by atoms with Crippen molar-refractivity contribution in [3.63, 3.8) is 0 Å². The summed E-state index contributed by atoms with van der Waals surface area (Å²) in [6, 6.07) is 4.46. The Labute approximate surface area is 158 Å². The smallest absolute Gasteiger partial charge is 0.257 e. The number of rotatable bonds is 5. The highest BCUT2D eigenvalue weighted by atomic mass is 32.2. The van der Waals surface area contributed by atoms with Crippen LogP contribution in [0.15, 0.2) is 23.1 Å². The molecular formula is C17H24N4O5S. The number of likely N-dealkylation sites (tertiary alicyclic amines) is 1. The van der Waals surface area contributed by atoms with E-state index in [2.05, 4.69) is 5.32 Å². The molecular weight excluding hydrogens is 372 g/mol. The second-order valence-corrected chi connectivity index (χ2v) is 8.46. The number of hydrogen-bond donors (Lipinski definition) is 3. The third kappa shape index (κ3) is 5.27. The number of guanidine groups is 1. The van der Waals surface area contributed by atoms with Crippen molar-refractivity contribution in [3.8, 4) is 0 Å². The lowest BCUT2D eigenvalue weighted by Gasteiger charge is -2.32. The van der Waals surface area contributed by atoms with E-state index in [-0.39, 0.29) is 28.9 Å². The zero-order valence-electron chi connectivity index (χ0n) is 15.3. The summed E-state index contributed by atoms with van der Waals surface area (Å²) in [6.45, 7) is 1.06. The number of nitrogens with one attached hydrogen (secondary N) is 2. The summed E-state index contributed by atoms with van der Waals surface area (Å²) in [5.74, 6) is -1.28. The van der Waals surface area contributed by atoms with Gasteiger partial charge in [0.25, 0.3) is 5.91 Å². The highest BCUT2D eigenvalue weighted by Crippen LogP contribution is 2.33. The highest BCUT2D eigenvalue weighted by molar-refractivity contribution is 7.90. The molecule has 0 spiro atoms. The van der Waals surface area contributed by atoms with Gasteiger partial charge in [0.15, 0.2) is 15.8 Å². The van der Waals surface area contributed by atoms with Crippen molar-refractivity contribution in [1.29, 1.82) is 5.41 Å². The van der Waals surface area contributed by atoms with Crippen LogP contribution in [0.3, 0.4) is 0 Å². The van der Waals surface area contributed by atoms with Gasteiger partial charge in [-0.05, 0) is 36.5 Å². The van der Waals surface area contributed by atoms with Gasteiger partial charge < -0.3 is 15.4 Å². The highest BCUT2D eigenvalue weighted by Gasteiger charge is 2.28. The minimum Gasteiger partial charge on any atom is -0.375 e. The minimum atomic E-state index is -3.57. The molecule has 1 fully saturated rings. The zero-order valence-corrected chi connectivity index (χ0v) is 16.1. The molecule has 4 N–H and O–H groups in total. The molecule has 2 rings (SSSR count). The molecule has 0 saturated carbocycles. The lowest BCUT2D eigenvalue weighted by atomic mass is 9.88. The molecule has 2 amide bonds. The Bertz CT molecular complexity index is 845.